The minimum absolute atomic E-state index is 0.0261. The number of nitro benzene ring substituents is 1. The van der Waals surface area contributed by atoms with E-state index >= 15 is 0 Å². The average molecular weight is 459 g/mol. The second-order valence-electron chi connectivity index (χ2n) is 7.48. The molecule has 0 aliphatic rings. The van der Waals surface area contributed by atoms with Crippen LogP contribution >= 0.6 is 11.8 Å². The Kier molecular flexibility index (Phi) is 6.65. The minimum Gasteiger partial charge on any atom is -0.325 e. The number of aromatic nitrogens is 2. The highest BCUT2D eigenvalue weighted by Gasteiger charge is 2.15. The SMILES string of the molecule is CCc1cccc2c(SCC(=O)Nc3ccc(C)c([N+](=O)[O-])c3)nc(-c3ccccc3)nc12. The number of nitrogens with one attached hydrogen (secondary N) is 1. The summed E-state index contributed by atoms with van der Waals surface area (Å²) in [6.07, 6.45) is 0.833. The quantitative estimate of drug-likeness (QED) is 0.162. The fourth-order valence-corrected chi connectivity index (χ4v) is 4.32. The number of para-hydroxylation sites is 1. The second kappa shape index (κ2) is 9.79. The van der Waals surface area contributed by atoms with Crippen LogP contribution in [-0.2, 0) is 11.2 Å². The highest BCUT2D eigenvalue weighted by molar-refractivity contribution is 8.00. The van der Waals surface area contributed by atoms with Crippen LogP contribution in [0, 0.1) is 17.0 Å². The number of carbonyl (C=O) groups excluding carboxylic acids is 1. The van der Waals surface area contributed by atoms with Gasteiger partial charge in [-0.1, -0.05) is 73.3 Å². The number of anilines is 1. The van der Waals surface area contributed by atoms with Crippen molar-refractivity contribution >= 4 is 39.9 Å². The molecule has 0 spiro atoms. The highest BCUT2D eigenvalue weighted by Crippen LogP contribution is 2.30. The van der Waals surface area contributed by atoms with Crippen molar-refractivity contribution in [2.45, 2.75) is 25.3 Å². The summed E-state index contributed by atoms with van der Waals surface area (Å²) < 4.78 is 0. The molecule has 166 valence electrons. The number of hydrogen-bond donors (Lipinski definition) is 1. The van der Waals surface area contributed by atoms with Crippen LogP contribution in [0.3, 0.4) is 0 Å². The zero-order valence-corrected chi connectivity index (χ0v) is 19.1. The lowest BCUT2D eigenvalue weighted by molar-refractivity contribution is -0.385. The molecule has 0 aliphatic heterocycles. The first-order valence-corrected chi connectivity index (χ1v) is 11.5. The predicted octanol–water partition coefficient (Wildman–Crippen LogP) is 5.81. The zero-order chi connectivity index (χ0) is 23.4. The molecule has 0 atom stereocenters. The Morgan fingerprint density at radius 1 is 1.06 bits per heavy atom. The summed E-state index contributed by atoms with van der Waals surface area (Å²) >= 11 is 1.32. The van der Waals surface area contributed by atoms with E-state index in [0.29, 0.717) is 17.1 Å². The third-order valence-electron chi connectivity index (χ3n) is 5.22. The number of nitrogens with zero attached hydrogens (tertiary/aromatic N) is 3. The van der Waals surface area contributed by atoms with Crippen LogP contribution in [0.15, 0.2) is 71.8 Å². The smallest absolute Gasteiger partial charge is 0.274 e. The number of amides is 1. The summed E-state index contributed by atoms with van der Waals surface area (Å²) in [4.78, 5) is 32.9. The van der Waals surface area contributed by atoms with Gasteiger partial charge in [0.2, 0.25) is 5.91 Å². The number of hydrogen-bond acceptors (Lipinski definition) is 6. The molecule has 0 unspecified atom stereocenters. The molecule has 3 aromatic carbocycles. The van der Waals surface area contributed by atoms with E-state index < -0.39 is 4.92 Å². The van der Waals surface area contributed by atoms with Gasteiger partial charge < -0.3 is 5.32 Å². The minimum atomic E-state index is -0.455. The van der Waals surface area contributed by atoms with Gasteiger partial charge in [0.15, 0.2) is 5.82 Å². The molecule has 0 saturated heterocycles. The standard InChI is InChI=1S/C25H22N4O3S/c1-3-17-10-7-11-20-23(17)27-24(18-8-5-4-6-9-18)28-25(20)33-15-22(30)26-19-13-12-16(2)21(14-19)29(31)32/h4-14H,3,15H2,1-2H3,(H,26,30). The average Bonchev–Trinajstić information content (AvgIpc) is 2.83. The number of nitro groups is 1. The lowest BCUT2D eigenvalue weighted by Crippen LogP contribution is -2.14. The van der Waals surface area contributed by atoms with Crippen molar-refractivity contribution in [1.29, 1.82) is 0 Å². The number of benzene rings is 3. The van der Waals surface area contributed by atoms with Gasteiger partial charge in [-0.2, -0.15) is 0 Å². The highest BCUT2D eigenvalue weighted by atomic mass is 32.2. The van der Waals surface area contributed by atoms with Gasteiger partial charge >= 0.3 is 0 Å². The number of carbonyl (C=O) groups is 1. The Morgan fingerprint density at radius 3 is 2.58 bits per heavy atom. The van der Waals surface area contributed by atoms with Crippen molar-refractivity contribution in [2.75, 3.05) is 11.1 Å². The predicted molar refractivity (Wildman–Crippen MR) is 132 cm³/mol. The first kappa shape index (κ1) is 22.4. The summed E-state index contributed by atoms with van der Waals surface area (Å²) in [6.45, 7) is 3.74. The van der Waals surface area contributed by atoms with Crippen molar-refractivity contribution in [3.05, 3.63) is 88.0 Å². The Labute approximate surface area is 195 Å². The Bertz CT molecular complexity index is 1340. The summed E-state index contributed by atoms with van der Waals surface area (Å²) in [5, 5.41) is 15.5. The summed E-state index contributed by atoms with van der Waals surface area (Å²) in [5.74, 6) is 0.456. The van der Waals surface area contributed by atoms with E-state index in [-0.39, 0.29) is 17.3 Å². The largest absolute Gasteiger partial charge is 0.325 e. The van der Waals surface area contributed by atoms with E-state index in [9.17, 15) is 14.9 Å². The lowest BCUT2D eigenvalue weighted by Gasteiger charge is -2.11. The molecule has 4 rings (SSSR count). The van der Waals surface area contributed by atoms with Crippen LogP contribution in [0.2, 0.25) is 0 Å². The molecule has 0 saturated carbocycles. The van der Waals surface area contributed by atoms with Crippen molar-refractivity contribution in [3.63, 3.8) is 0 Å². The zero-order valence-electron chi connectivity index (χ0n) is 18.2. The normalized spacial score (nSPS) is 10.8. The van der Waals surface area contributed by atoms with E-state index in [2.05, 4.69) is 18.3 Å². The molecule has 0 bridgehead atoms. The molecule has 0 aliphatic carbocycles. The Hall–Kier alpha value is -3.78. The summed E-state index contributed by atoms with van der Waals surface area (Å²) in [5.41, 5.74) is 3.81. The van der Waals surface area contributed by atoms with Gasteiger partial charge in [-0.05, 0) is 25.0 Å². The lowest BCUT2D eigenvalue weighted by atomic mass is 10.1. The van der Waals surface area contributed by atoms with E-state index in [1.807, 2.05) is 42.5 Å². The van der Waals surface area contributed by atoms with E-state index in [4.69, 9.17) is 9.97 Å². The van der Waals surface area contributed by atoms with Crippen molar-refractivity contribution in [3.8, 4) is 11.4 Å². The molecule has 8 heteroatoms. The van der Waals surface area contributed by atoms with Gasteiger partial charge in [0, 0.05) is 28.3 Å². The van der Waals surface area contributed by atoms with Crippen molar-refractivity contribution < 1.29 is 9.72 Å². The van der Waals surface area contributed by atoms with Crippen molar-refractivity contribution in [2.24, 2.45) is 0 Å². The second-order valence-corrected chi connectivity index (χ2v) is 8.44. The molecule has 1 N–H and O–H groups in total. The summed E-state index contributed by atoms with van der Waals surface area (Å²) in [7, 11) is 0. The number of thioether (sulfide) groups is 1. The fraction of sp³-hybridized carbons (Fsp3) is 0.160. The molecule has 33 heavy (non-hydrogen) atoms. The number of rotatable bonds is 7. The molecule has 0 radical (unpaired) electrons. The van der Waals surface area contributed by atoms with Gasteiger partial charge in [-0.25, -0.2) is 9.97 Å². The molecule has 4 aromatic rings. The molecule has 1 heterocycles. The molecular formula is C25H22N4O3S. The van der Waals surface area contributed by atoms with Crippen LogP contribution in [0.5, 0.6) is 0 Å². The summed E-state index contributed by atoms with van der Waals surface area (Å²) in [6, 6.07) is 20.4. The van der Waals surface area contributed by atoms with E-state index in [0.717, 1.165) is 33.5 Å². The fourth-order valence-electron chi connectivity index (χ4n) is 3.51. The molecular weight excluding hydrogens is 436 g/mol. The monoisotopic (exact) mass is 458 g/mol. The maximum absolute atomic E-state index is 12.6. The third-order valence-corrected chi connectivity index (χ3v) is 6.21. The van der Waals surface area contributed by atoms with Crippen molar-refractivity contribution in [1.82, 2.24) is 9.97 Å². The van der Waals surface area contributed by atoms with Gasteiger partial charge in [0.05, 0.1) is 16.2 Å². The van der Waals surface area contributed by atoms with Crippen LogP contribution in [0.25, 0.3) is 22.3 Å². The van der Waals surface area contributed by atoms with E-state index in [1.54, 1.807) is 19.1 Å². The van der Waals surface area contributed by atoms with Crippen LogP contribution in [0.4, 0.5) is 11.4 Å². The maximum atomic E-state index is 12.6. The molecule has 0 fully saturated rings. The van der Waals surface area contributed by atoms with E-state index in [1.165, 1.54) is 17.8 Å². The topological polar surface area (TPSA) is 98.0 Å². The van der Waals surface area contributed by atoms with Gasteiger partial charge in [-0.15, -0.1) is 0 Å². The van der Waals surface area contributed by atoms with Gasteiger partial charge in [0.1, 0.15) is 5.03 Å². The maximum Gasteiger partial charge on any atom is 0.274 e. The Morgan fingerprint density at radius 2 is 1.85 bits per heavy atom. The first-order chi connectivity index (χ1) is 16.0. The molecule has 1 amide bonds. The number of aryl methyl sites for hydroxylation is 2. The van der Waals surface area contributed by atoms with Crippen LogP contribution < -0.4 is 5.32 Å². The molecule has 7 nitrogen and oxygen atoms in total. The Balaban J connectivity index is 1.61. The van der Waals surface area contributed by atoms with Gasteiger partial charge in [0.25, 0.3) is 5.69 Å². The first-order valence-electron chi connectivity index (χ1n) is 10.5. The van der Waals surface area contributed by atoms with Gasteiger partial charge in [-0.3, -0.25) is 14.9 Å². The van der Waals surface area contributed by atoms with Crippen LogP contribution in [0.1, 0.15) is 18.1 Å². The third kappa shape index (κ3) is 5.01. The number of fused-ring (bicyclic) bond motifs is 1. The van der Waals surface area contributed by atoms with Crippen LogP contribution in [-0.4, -0.2) is 26.6 Å². The molecule has 1 aromatic heterocycles.